The molecule has 3 fully saturated rings. The molecule has 2 amide bonds. The van der Waals surface area contributed by atoms with E-state index >= 15 is 0 Å². The number of carbonyl (C=O) groups is 2. The maximum absolute atomic E-state index is 14.4. The van der Waals surface area contributed by atoms with Gasteiger partial charge < -0.3 is 20.8 Å². The number of primary amides is 1. The van der Waals surface area contributed by atoms with Gasteiger partial charge in [0, 0.05) is 0 Å². The predicted octanol–water partition coefficient (Wildman–Crippen LogP) is 4.30. The number of nitrogens with zero attached hydrogens (tertiary/aromatic N) is 1. The molecule has 0 radical (unpaired) electrons. The van der Waals surface area contributed by atoms with Gasteiger partial charge in [-0.3, -0.25) is 9.59 Å². The standard InChI is InChI=1S/C27H48N2O4/c1-23(2,3)19(26(32)13-9-7-10-14-26)29(22(31)25(17-18-25)21(28)30)20(24(4,5)6)27(33)15-11-8-12-16-27/h19-20,32-33H,7-18H2,1-6H3,(H2,28,30)/t19-,20-/m1/s1. The zero-order valence-electron chi connectivity index (χ0n) is 21.9. The lowest BCUT2D eigenvalue weighted by Gasteiger charge is -2.59. The molecule has 190 valence electrons. The van der Waals surface area contributed by atoms with Gasteiger partial charge in [-0.1, -0.05) is 80.1 Å². The fourth-order valence-electron chi connectivity index (χ4n) is 7.16. The van der Waals surface area contributed by atoms with Crippen LogP contribution in [-0.2, 0) is 9.59 Å². The third-order valence-corrected chi connectivity index (χ3v) is 8.52. The zero-order valence-corrected chi connectivity index (χ0v) is 21.9. The van der Waals surface area contributed by atoms with Gasteiger partial charge in [-0.2, -0.15) is 0 Å². The minimum absolute atomic E-state index is 0.284. The van der Waals surface area contributed by atoms with Crippen LogP contribution >= 0.6 is 0 Å². The van der Waals surface area contributed by atoms with Crippen LogP contribution in [-0.4, -0.2) is 50.2 Å². The second-order valence-corrected chi connectivity index (χ2v) is 13.5. The van der Waals surface area contributed by atoms with E-state index in [1.807, 2.05) is 4.90 Å². The van der Waals surface area contributed by atoms with Gasteiger partial charge >= 0.3 is 0 Å². The van der Waals surface area contributed by atoms with E-state index in [9.17, 15) is 19.8 Å². The Balaban J connectivity index is 2.23. The number of hydrogen-bond donors (Lipinski definition) is 3. The smallest absolute Gasteiger partial charge is 0.238 e. The van der Waals surface area contributed by atoms with Gasteiger partial charge in [0.2, 0.25) is 11.8 Å². The molecule has 0 aromatic heterocycles. The largest absolute Gasteiger partial charge is 0.388 e. The lowest BCUT2D eigenvalue weighted by Crippen LogP contribution is -2.72. The first-order chi connectivity index (χ1) is 15.1. The van der Waals surface area contributed by atoms with Crippen LogP contribution in [0.5, 0.6) is 0 Å². The Hall–Kier alpha value is -1.14. The maximum Gasteiger partial charge on any atom is 0.238 e. The summed E-state index contributed by atoms with van der Waals surface area (Å²) in [4.78, 5) is 28.8. The normalized spacial score (nSPS) is 26.2. The molecule has 3 rings (SSSR count). The summed E-state index contributed by atoms with van der Waals surface area (Å²) in [5.41, 5.74) is 1.57. The van der Waals surface area contributed by atoms with Crippen molar-refractivity contribution in [2.24, 2.45) is 22.0 Å². The fourth-order valence-corrected chi connectivity index (χ4v) is 7.16. The average Bonchev–Trinajstić information content (AvgIpc) is 3.47. The van der Waals surface area contributed by atoms with Gasteiger partial charge in [-0.15, -0.1) is 0 Å². The number of aliphatic hydroxyl groups is 2. The van der Waals surface area contributed by atoms with E-state index in [4.69, 9.17) is 5.73 Å². The summed E-state index contributed by atoms with van der Waals surface area (Å²) in [5.74, 6) is -0.864. The Morgan fingerprint density at radius 2 is 1.03 bits per heavy atom. The first-order valence-corrected chi connectivity index (χ1v) is 13.2. The highest BCUT2D eigenvalue weighted by atomic mass is 16.3. The van der Waals surface area contributed by atoms with Gasteiger partial charge in [0.25, 0.3) is 0 Å². The second kappa shape index (κ2) is 8.82. The van der Waals surface area contributed by atoms with E-state index in [1.54, 1.807) is 0 Å². The second-order valence-electron chi connectivity index (χ2n) is 13.5. The van der Waals surface area contributed by atoms with Gasteiger partial charge in [0.05, 0.1) is 23.3 Å². The monoisotopic (exact) mass is 464 g/mol. The minimum atomic E-state index is -1.21. The number of amides is 2. The molecule has 0 saturated heterocycles. The molecule has 3 aliphatic carbocycles. The fraction of sp³-hybridized carbons (Fsp3) is 0.926. The third kappa shape index (κ3) is 4.98. The van der Waals surface area contributed by atoms with E-state index in [0.717, 1.165) is 38.5 Å². The highest BCUT2D eigenvalue weighted by molar-refractivity contribution is 6.07. The highest BCUT2D eigenvalue weighted by Gasteiger charge is 2.64. The van der Waals surface area contributed by atoms with Crippen molar-refractivity contribution in [1.82, 2.24) is 4.90 Å². The van der Waals surface area contributed by atoms with Crippen molar-refractivity contribution in [3.63, 3.8) is 0 Å². The predicted molar refractivity (Wildman–Crippen MR) is 130 cm³/mol. The molecule has 0 unspecified atom stereocenters. The van der Waals surface area contributed by atoms with E-state index < -0.39 is 45.4 Å². The third-order valence-electron chi connectivity index (χ3n) is 8.52. The Morgan fingerprint density at radius 3 is 1.27 bits per heavy atom. The molecule has 3 saturated carbocycles. The summed E-state index contributed by atoms with van der Waals surface area (Å²) in [6, 6.07) is -1.05. The van der Waals surface area contributed by atoms with E-state index in [0.29, 0.717) is 38.5 Å². The summed E-state index contributed by atoms with van der Waals surface area (Å²) < 4.78 is 0. The SMILES string of the molecule is CC(C)(C)[C@@H](N(C(=O)C1(C(N)=O)CC1)[C@H](C(C)(C)C)C1(O)CCCCC1)C1(O)CCCCC1. The molecule has 4 N–H and O–H groups in total. The van der Waals surface area contributed by atoms with E-state index in [-0.39, 0.29) is 5.91 Å². The summed E-state index contributed by atoms with van der Waals surface area (Å²) in [6.45, 7) is 12.4. The van der Waals surface area contributed by atoms with Crippen LogP contribution in [0.2, 0.25) is 0 Å². The Labute approximate surface area is 200 Å². The first-order valence-electron chi connectivity index (χ1n) is 13.2. The van der Waals surface area contributed by atoms with Gasteiger partial charge in [0.1, 0.15) is 5.41 Å². The minimum Gasteiger partial charge on any atom is -0.388 e. The molecule has 0 bridgehead atoms. The number of hydrogen-bond acceptors (Lipinski definition) is 4. The zero-order chi connectivity index (χ0) is 24.9. The van der Waals surface area contributed by atoms with Crippen molar-refractivity contribution in [3.05, 3.63) is 0 Å². The lowest BCUT2D eigenvalue weighted by molar-refractivity contribution is -0.195. The molecule has 2 atom stereocenters. The van der Waals surface area contributed by atoms with Gasteiger partial charge in [-0.25, -0.2) is 0 Å². The molecule has 3 aliphatic rings. The van der Waals surface area contributed by atoms with Crippen LogP contribution in [0.15, 0.2) is 0 Å². The van der Waals surface area contributed by atoms with Crippen molar-refractivity contribution < 1.29 is 19.8 Å². The Morgan fingerprint density at radius 1 is 0.697 bits per heavy atom. The topological polar surface area (TPSA) is 104 Å². The number of carbonyl (C=O) groups excluding carboxylic acids is 2. The van der Waals surface area contributed by atoms with Crippen molar-refractivity contribution >= 4 is 11.8 Å². The average molecular weight is 465 g/mol. The van der Waals surface area contributed by atoms with Crippen LogP contribution in [0, 0.1) is 16.2 Å². The molecule has 0 aromatic rings. The Bertz CT molecular complexity index is 690. The molecule has 6 nitrogen and oxygen atoms in total. The van der Waals surface area contributed by atoms with Crippen molar-refractivity contribution in [1.29, 1.82) is 0 Å². The molecule has 0 aromatic carbocycles. The molecular weight excluding hydrogens is 416 g/mol. The summed E-state index contributed by atoms with van der Waals surface area (Å²) in [6.07, 6.45) is 9.19. The molecule has 6 heteroatoms. The summed E-state index contributed by atoms with van der Waals surface area (Å²) in [7, 11) is 0. The van der Waals surface area contributed by atoms with Crippen LogP contribution in [0.4, 0.5) is 0 Å². The van der Waals surface area contributed by atoms with Crippen LogP contribution in [0.25, 0.3) is 0 Å². The number of nitrogens with two attached hydrogens (primary N) is 1. The summed E-state index contributed by atoms with van der Waals surface area (Å²) >= 11 is 0. The maximum atomic E-state index is 14.4. The van der Waals surface area contributed by atoms with Crippen LogP contribution in [0.3, 0.4) is 0 Å². The molecule has 0 heterocycles. The first kappa shape index (κ1) is 26.5. The quantitative estimate of drug-likeness (QED) is 0.510. The highest BCUT2D eigenvalue weighted by Crippen LogP contribution is 2.54. The van der Waals surface area contributed by atoms with Crippen molar-refractivity contribution in [2.75, 3.05) is 0 Å². The lowest BCUT2D eigenvalue weighted by atomic mass is 9.64. The molecule has 33 heavy (non-hydrogen) atoms. The van der Waals surface area contributed by atoms with Crippen molar-refractivity contribution in [2.45, 2.75) is 142 Å². The molecular formula is C27H48N2O4. The molecule has 0 aliphatic heterocycles. The number of rotatable bonds is 6. The summed E-state index contributed by atoms with van der Waals surface area (Å²) in [5, 5.41) is 24.2. The Kier molecular flexibility index (Phi) is 7.07. The van der Waals surface area contributed by atoms with Gasteiger partial charge in [-0.05, 0) is 49.4 Å². The van der Waals surface area contributed by atoms with E-state index in [1.165, 1.54) is 0 Å². The molecule has 0 spiro atoms. The van der Waals surface area contributed by atoms with Crippen LogP contribution in [0.1, 0.15) is 119 Å². The van der Waals surface area contributed by atoms with Crippen molar-refractivity contribution in [3.8, 4) is 0 Å². The van der Waals surface area contributed by atoms with Gasteiger partial charge in [0.15, 0.2) is 0 Å². The van der Waals surface area contributed by atoms with E-state index in [2.05, 4.69) is 41.5 Å². The van der Waals surface area contributed by atoms with Crippen LogP contribution < -0.4 is 5.73 Å².